The predicted molar refractivity (Wildman–Crippen MR) is 27.6 cm³/mol. The second-order valence-corrected chi connectivity index (χ2v) is 1.39. The Morgan fingerprint density at radius 2 is 1.91 bits per heavy atom. The van der Waals surface area contributed by atoms with E-state index >= 15 is 0 Å². The minimum atomic E-state index is -1.01. The van der Waals surface area contributed by atoms with Crippen LogP contribution in [0.1, 0.15) is 0 Å². The average Bonchev–Trinajstić information content (AvgIpc) is 2.33. The van der Waals surface area contributed by atoms with Crippen molar-refractivity contribution in [2.24, 2.45) is 0 Å². The first-order valence-corrected chi connectivity index (χ1v) is 2.24. The van der Waals surface area contributed by atoms with Crippen molar-refractivity contribution in [3.05, 3.63) is 20.2 Å². The van der Waals surface area contributed by atoms with Gasteiger partial charge in [-0.3, -0.25) is 0 Å². The zero-order valence-electron chi connectivity index (χ0n) is 4.83. The maximum absolute atomic E-state index is 9.83. The molecule has 0 fully saturated rings. The molecule has 9 heteroatoms. The van der Waals surface area contributed by atoms with Crippen LogP contribution >= 0.6 is 0 Å². The highest BCUT2D eigenvalue weighted by molar-refractivity contribution is 5.06. The topological polar surface area (TPSA) is 125 Å². The fourth-order valence-electron chi connectivity index (χ4n) is 0.356. The highest BCUT2D eigenvalue weighted by atomic mass is 16.7. The van der Waals surface area contributed by atoms with Gasteiger partial charge in [-0.25, -0.2) is 0 Å². The van der Waals surface area contributed by atoms with Crippen LogP contribution in [0, 0.1) is 20.2 Å². The first-order valence-electron chi connectivity index (χ1n) is 2.24. The third-order valence-corrected chi connectivity index (χ3v) is 0.724. The Hall–Kier alpha value is -2.06. The van der Waals surface area contributed by atoms with E-state index in [1.165, 1.54) is 0 Å². The molecule has 0 radical (unpaired) electrons. The fraction of sp³-hybridized carbons (Fsp3) is 0. The van der Waals surface area contributed by atoms with E-state index in [0.29, 0.717) is 0 Å². The van der Waals surface area contributed by atoms with Gasteiger partial charge in [-0.15, -0.1) is 0 Å². The molecule has 0 saturated carbocycles. The maximum atomic E-state index is 9.83. The molecule has 1 rings (SSSR count). The van der Waals surface area contributed by atoms with Gasteiger partial charge in [0, 0.05) is 4.92 Å². The smallest absolute Gasteiger partial charge is 0.389 e. The SMILES string of the molecule is O=[N+]([O-])c1noc([N+](=O)[O-])n1. The number of aromatic nitrogens is 2. The van der Waals surface area contributed by atoms with E-state index in [1.807, 2.05) is 0 Å². The monoisotopic (exact) mass is 160 g/mol. The summed E-state index contributed by atoms with van der Waals surface area (Å²) in [5, 5.41) is 22.4. The molecule has 0 aromatic carbocycles. The third kappa shape index (κ3) is 1.26. The molecule has 0 atom stereocenters. The van der Waals surface area contributed by atoms with Crippen LogP contribution in [0.4, 0.5) is 12.0 Å². The molecule has 58 valence electrons. The van der Waals surface area contributed by atoms with Crippen LogP contribution < -0.4 is 0 Å². The zero-order valence-corrected chi connectivity index (χ0v) is 4.83. The molecule has 0 aliphatic heterocycles. The minimum Gasteiger partial charge on any atom is -0.389 e. The molecule has 0 amide bonds. The quantitative estimate of drug-likeness (QED) is 0.436. The Balaban J connectivity index is 2.99. The van der Waals surface area contributed by atoms with Crippen molar-refractivity contribution in [3.63, 3.8) is 0 Å². The molecule has 0 unspecified atom stereocenters. The van der Waals surface area contributed by atoms with Crippen molar-refractivity contribution in [2.45, 2.75) is 0 Å². The molecule has 0 aliphatic carbocycles. The van der Waals surface area contributed by atoms with Crippen LogP contribution in [0.3, 0.4) is 0 Å². The molecule has 1 heterocycles. The number of nitrogens with zero attached hydrogens (tertiary/aromatic N) is 4. The molecule has 1 aromatic heterocycles. The van der Waals surface area contributed by atoms with Gasteiger partial charge >= 0.3 is 12.0 Å². The lowest BCUT2D eigenvalue weighted by atomic mass is 11.0. The van der Waals surface area contributed by atoms with E-state index < -0.39 is 21.8 Å². The average molecular weight is 160 g/mol. The van der Waals surface area contributed by atoms with Crippen LogP contribution in [-0.4, -0.2) is 20.0 Å². The standard InChI is InChI=1S/C2N4O5/c7-5(8)1-3-2(6(9)10)11-4-1. The van der Waals surface area contributed by atoms with Gasteiger partial charge in [0.25, 0.3) is 0 Å². The van der Waals surface area contributed by atoms with E-state index in [2.05, 4.69) is 14.7 Å². The first-order chi connectivity index (χ1) is 5.11. The van der Waals surface area contributed by atoms with E-state index in [9.17, 15) is 20.2 Å². The lowest BCUT2D eigenvalue weighted by Gasteiger charge is -1.79. The summed E-state index contributed by atoms with van der Waals surface area (Å²) in [5.41, 5.74) is 0. The summed E-state index contributed by atoms with van der Waals surface area (Å²) in [7, 11) is 0. The van der Waals surface area contributed by atoms with Gasteiger partial charge in [-0.2, -0.15) is 4.52 Å². The summed E-state index contributed by atoms with van der Waals surface area (Å²) in [6, 6.07) is -0.989. The number of nitro groups is 2. The lowest BCUT2D eigenvalue weighted by molar-refractivity contribution is -0.410. The molecule has 0 spiro atoms. The summed E-state index contributed by atoms with van der Waals surface area (Å²) in [6.07, 6.45) is 0. The minimum absolute atomic E-state index is 0.920. The van der Waals surface area contributed by atoms with Crippen molar-refractivity contribution in [3.8, 4) is 0 Å². The van der Waals surface area contributed by atoms with Gasteiger partial charge in [0.1, 0.15) is 5.16 Å². The lowest BCUT2D eigenvalue weighted by Crippen LogP contribution is -1.91. The van der Waals surface area contributed by atoms with Crippen LogP contribution in [0.2, 0.25) is 0 Å². The number of hydrogen-bond acceptors (Lipinski definition) is 7. The third-order valence-electron chi connectivity index (χ3n) is 0.724. The van der Waals surface area contributed by atoms with E-state index in [-0.39, 0.29) is 0 Å². The van der Waals surface area contributed by atoms with E-state index in [4.69, 9.17) is 0 Å². The van der Waals surface area contributed by atoms with Crippen molar-refractivity contribution in [1.82, 2.24) is 10.1 Å². The van der Waals surface area contributed by atoms with Crippen LogP contribution in [0.15, 0.2) is 4.52 Å². The van der Waals surface area contributed by atoms with Gasteiger partial charge in [0.05, 0.1) is 4.98 Å². The molecule has 0 bridgehead atoms. The van der Waals surface area contributed by atoms with E-state index in [0.717, 1.165) is 0 Å². The summed E-state index contributed by atoms with van der Waals surface area (Å²) >= 11 is 0. The van der Waals surface area contributed by atoms with Crippen molar-refractivity contribution in [2.75, 3.05) is 0 Å². The van der Waals surface area contributed by atoms with Gasteiger partial charge < -0.3 is 20.2 Å². The normalized spacial score (nSPS) is 9.45. The largest absolute Gasteiger partial charge is 0.586 e. The van der Waals surface area contributed by atoms with Crippen molar-refractivity contribution < 1.29 is 14.4 Å². The predicted octanol–water partition coefficient (Wildman–Crippen LogP) is -0.114. The second kappa shape index (κ2) is 2.28. The molecule has 0 aliphatic rings. The Morgan fingerprint density at radius 3 is 2.18 bits per heavy atom. The number of rotatable bonds is 2. The molecule has 11 heavy (non-hydrogen) atoms. The Kier molecular flexibility index (Phi) is 1.46. The van der Waals surface area contributed by atoms with Crippen LogP contribution in [-0.2, 0) is 0 Å². The Labute approximate surface area is 57.9 Å². The molecular weight excluding hydrogens is 160 g/mol. The molecule has 9 nitrogen and oxygen atoms in total. The Morgan fingerprint density at radius 1 is 1.27 bits per heavy atom. The van der Waals surface area contributed by atoms with Crippen LogP contribution in [0.5, 0.6) is 0 Å². The number of hydrogen-bond donors (Lipinski definition) is 0. The van der Waals surface area contributed by atoms with Crippen LogP contribution in [0.25, 0.3) is 0 Å². The molecule has 1 aromatic rings. The zero-order chi connectivity index (χ0) is 8.43. The fourth-order valence-corrected chi connectivity index (χ4v) is 0.356. The summed E-state index contributed by atoms with van der Waals surface area (Å²) in [6.45, 7) is 0. The highest BCUT2D eigenvalue weighted by Gasteiger charge is 2.25. The van der Waals surface area contributed by atoms with Gasteiger partial charge in [0.15, 0.2) is 0 Å². The molecular formula is C2N4O5. The molecule has 0 N–H and O–H groups in total. The van der Waals surface area contributed by atoms with E-state index in [1.54, 1.807) is 0 Å². The molecule has 0 saturated heterocycles. The van der Waals surface area contributed by atoms with Gasteiger partial charge in [0.2, 0.25) is 0 Å². The van der Waals surface area contributed by atoms with Gasteiger partial charge in [-0.1, -0.05) is 0 Å². The highest BCUT2D eigenvalue weighted by Crippen LogP contribution is 2.10. The second-order valence-electron chi connectivity index (χ2n) is 1.39. The van der Waals surface area contributed by atoms with Crippen molar-refractivity contribution >= 4 is 12.0 Å². The van der Waals surface area contributed by atoms with Gasteiger partial charge in [-0.05, 0) is 4.92 Å². The summed E-state index contributed by atoms with van der Waals surface area (Å²) in [5.74, 6) is -0.920. The van der Waals surface area contributed by atoms with Crippen molar-refractivity contribution in [1.29, 1.82) is 0 Å². The maximum Gasteiger partial charge on any atom is 0.586 e. The summed E-state index contributed by atoms with van der Waals surface area (Å²) < 4.78 is 3.89. The summed E-state index contributed by atoms with van der Waals surface area (Å²) in [4.78, 5) is 20.5. The first kappa shape index (κ1) is 7.05. The Bertz CT molecular complexity index is 275.